The van der Waals surface area contributed by atoms with Gasteiger partial charge in [-0.15, -0.1) is 0 Å². The quantitative estimate of drug-likeness (QED) is 0.922. The molecule has 0 unspecified atom stereocenters. The van der Waals surface area contributed by atoms with Crippen LogP contribution in [0, 0.1) is 12.3 Å². The Morgan fingerprint density at radius 1 is 1.33 bits per heavy atom. The number of hydrogen-bond donors (Lipinski definition) is 1. The van der Waals surface area contributed by atoms with Gasteiger partial charge in [-0.1, -0.05) is 0 Å². The molecule has 130 valence electrons. The van der Waals surface area contributed by atoms with E-state index in [0.717, 1.165) is 62.1 Å². The van der Waals surface area contributed by atoms with Gasteiger partial charge in [0.05, 0.1) is 16.7 Å². The SMILES string of the molecule is CCN1CCC[C@]2(CCN(C(=O)c3c(C4CC4)n[nH]c3C)C2)C1=O. The second kappa shape index (κ2) is 5.60. The summed E-state index contributed by atoms with van der Waals surface area (Å²) in [5, 5.41) is 7.35. The van der Waals surface area contributed by atoms with Crippen LogP contribution < -0.4 is 0 Å². The zero-order chi connectivity index (χ0) is 16.9. The Morgan fingerprint density at radius 3 is 2.83 bits per heavy atom. The van der Waals surface area contributed by atoms with Crippen molar-refractivity contribution < 1.29 is 9.59 Å². The summed E-state index contributed by atoms with van der Waals surface area (Å²) in [6, 6.07) is 0. The summed E-state index contributed by atoms with van der Waals surface area (Å²) < 4.78 is 0. The Balaban J connectivity index is 1.56. The van der Waals surface area contributed by atoms with Gasteiger partial charge in [0.2, 0.25) is 5.91 Å². The molecule has 3 heterocycles. The molecule has 24 heavy (non-hydrogen) atoms. The molecule has 1 aromatic rings. The fourth-order valence-corrected chi connectivity index (χ4v) is 4.41. The predicted molar refractivity (Wildman–Crippen MR) is 89.7 cm³/mol. The van der Waals surface area contributed by atoms with Gasteiger partial charge in [-0.2, -0.15) is 5.10 Å². The van der Waals surface area contributed by atoms with Crippen molar-refractivity contribution in [3.05, 3.63) is 17.0 Å². The Kier molecular flexibility index (Phi) is 3.66. The molecule has 3 aliphatic rings. The molecule has 1 N–H and O–H groups in total. The molecular formula is C18H26N4O2. The number of carbonyl (C=O) groups excluding carboxylic acids is 2. The van der Waals surface area contributed by atoms with E-state index < -0.39 is 0 Å². The Hall–Kier alpha value is -1.85. The molecular weight excluding hydrogens is 304 g/mol. The van der Waals surface area contributed by atoms with Crippen LogP contribution in [0.1, 0.15) is 66.7 Å². The van der Waals surface area contributed by atoms with Crippen LogP contribution in [0.5, 0.6) is 0 Å². The van der Waals surface area contributed by atoms with Crippen LogP contribution in [-0.4, -0.2) is 58.0 Å². The molecule has 1 saturated carbocycles. The van der Waals surface area contributed by atoms with E-state index in [9.17, 15) is 9.59 Å². The van der Waals surface area contributed by atoms with Crippen molar-refractivity contribution in [2.75, 3.05) is 26.2 Å². The lowest BCUT2D eigenvalue weighted by Gasteiger charge is -2.38. The van der Waals surface area contributed by atoms with Crippen LogP contribution in [-0.2, 0) is 4.79 Å². The van der Waals surface area contributed by atoms with Crippen LogP contribution in [0.15, 0.2) is 0 Å². The van der Waals surface area contributed by atoms with E-state index in [2.05, 4.69) is 10.2 Å². The first kappa shape index (κ1) is 15.7. The minimum Gasteiger partial charge on any atom is -0.342 e. The minimum absolute atomic E-state index is 0.0569. The molecule has 1 spiro atoms. The van der Waals surface area contributed by atoms with Crippen LogP contribution in [0.2, 0.25) is 0 Å². The number of aromatic nitrogens is 2. The number of rotatable bonds is 3. The van der Waals surface area contributed by atoms with E-state index in [4.69, 9.17) is 0 Å². The summed E-state index contributed by atoms with van der Waals surface area (Å²) in [7, 11) is 0. The van der Waals surface area contributed by atoms with Gasteiger partial charge in [0.1, 0.15) is 0 Å². The second-order valence-corrected chi connectivity index (χ2v) is 7.63. The number of nitrogens with zero attached hydrogens (tertiary/aromatic N) is 3. The highest BCUT2D eigenvalue weighted by Gasteiger charge is 2.49. The van der Waals surface area contributed by atoms with Crippen molar-refractivity contribution in [1.29, 1.82) is 0 Å². The Labute approximate surface area is 142 Å². The number of piperidine rings is 1. The third-order valence-electron chi connectivity index (χ3n) is 6.00. The molecule has 0 radical (unpaired) electrons. The lowest BCUT2D eigenvalue weighted by Crippen LogP contribution is -2.50. The molecule has 1 aromatic heterocycles. The molecule has 4 rings (SSSR count). The van der Waals surface area contributed by atoms with Crippen LogP contribution in [0.3, 0.4) is 0 Å². The molecule has 2 amide bonds. The lowest BCUT2D eigenvalue weighted by molar-refractivity contribution is -0.145. The van der Waals surface area contributed by atoms with Gasteiger partial charge in [0.15, 0.2) is 0 Å². The molecule has 3 fully saturated rings. The number of amides is 2. The highest BCUT2D eigenvalue weighted by molar-refractivity contribution is 5.97. The molecule has 6 nitrogen and oxygen atoms in total. The Morgan fingerprint density at radius 2 is 2.12 bits per heavy atom. The van der Waals surface area contributed by atoms with Crippen molar-refractivity contribution in [2.45, 2.75) is 51.9 Å². The minimum atomic E-state index is -0.346. The molecule has 2 aliphatic heterocycles. The number of carbonyl (C=O) groups is 2. The monoisotopic (exact) mass is 330 g/mol. The van der Waals surface area contributed by atoms with Crippen molar-refractivity contribution in [1.82, 2.24) is 20.0 Å². The maximum Gasteiger partial charge on any atom is 0.257 e. The summed E-state index contributed by atoms with van der Waals surface area (Å²) in [6.07, 6.45) is 4.99. The van der Waals surface area contributed by atoms with Gasteiger partial charge >= 0.3 is 0 Å². The van der Waals surface area contributed by atoms with E-state index in [1.807, 2.05) is 23.6 Å². The first-order valence-electron chi connectivity index (χ1n) is 9.19. The van der Waals surface area contributed by atoms with Crippen molar-refractivity contribution in [3.8, 4) is 0 Å². The predicted octanol–water partition coefficient (Wildman–Crippen LogP) is 2.07. The Bertz CT molecular complexity index is 679. The molecule has 0 aromatic carbocycles. The number of hydrogen-bond acceptors (Lipinski definition) is 3. The second-order valence-electron chi connectivity index (χ2n) is 7.63. The lowest BCUT2D eigenvalue weighted by atomic mass is 9.78. The van der Waals surface area contributed by atoms with E-state index in [1.165, 1.54) is 0 Å². The first-order chi connectivity index (χ1) is 11.6. The van der Waals surface area contributed by atoms with Crippen molar-refractivity contribution >= 4 is 11.8 Å². The molecule has 0 bridgehead atoms. The third kappa shape index (κ3) is 2.34. The fourth-order valence-electron chi connectivity index (χ4n) is 4.41. The zero-order valence-corrected chi connectivity index (χ0v) is 14.6. The van der Waals surface area contributed by atoms with E-state index in [0.29, 0.717) is 19.0 Å². The van der Waals surface area contributed by atoms with Gasteiger partial charge in [0, 0.05) is 37.8 Å². The standard InChI is InChI=1S/C18H26N4O2/c1-3-21-9-4-7-18(17(21)24)8-10-22(11-18)16(23)14-12(2)19-20-15(14)13-5-6-13/h13H,3-11H2,1-2H3,(H,19,20)/t18-/m1/s1. The van der Waals surface area contributed by atoms with Gasteiger partial charge < -0.3 is 9.80 Å². The summed E-state index contributed by atoms with van der Waals surface area (Å²) >= 11 is 0. The fraction of sp³-hybridized carbons (Fsp3) is 0.722. The number of likely N-dealkylation sites (tertiary alicyclic amines) is 2. The summed E-state index contributed by atoms with van der Waals surface area (Å²) in [6.45, 7) is 6.82. The van der Waals surface area contributed by atoms with Gasteiger partial charge in [-0.05, 0) is 46.0 Å². The maximum absolute atomic E-state index is 13.1. The number of aromatic amines is 1. The molecule has 2 saturated heterocycles. The highest BCUT2D eigenvalue weighted by atomic mass is 16.2. The summed E-state index contributed by atoms with van der Waals surface area (Å²) in [4.78, 5) is 29.8. The normalized spacial score (nSPS) is 27.3. The van der Waals surface area contributed by atoms with E-state index in [-0.39, 0.29) is 17.2 Å². The molecule has 6 heteroatoms. The van der Waals surface area contributed by atoms with E-state index in [1.54, 1.807) is 0 Å². The van der Waals surface area contributed by atoms with Crippen LogP contribution in [0.25, 0.3) is 0 Å². The number of H-pyrrole nitrogens is 1. The average Bonchev–Trinajstić information content (AvgIpc) is 3.22. The third-order valence-corrected chi connectivity index (χ3v) is 6.00. The average molecular weight is 330 g/mol. The molecule has 1 aliphatic carbocycles. The van der Waals surface area contributed by atoms with Crippen LogP contribution in [0.4, 0.5) is 0 Å². The largest absolute Gasteiger partial charge is 0.342 e. The number of aryl methyl sites for hydroxylation is 1. The van der Waals surface area contributed by atoms with Gasteiger partial charge in [-0.3, -0.25) is 14.7 Å². The molecule has 1 atom stereocenters. The van der Waals surface area contributed by atoms with Crippen LogP contribution >= 0.6 is 0 Å². The number of nitrogens with one attached hydrogen (secondary N) is 1. The van der Waals surface area contributed by atoms with Gasteiger partial charge in [-0.25, -0.2) is 0 Å². The van der Waals surface area contributed by atoms with Crippen molar-refractivity contribution in [2.24, 2.45) is 5.41 Å². The summed E-state index contributed by atoms with van der Waals surface area (Å²) in [5.41, 5.74) is 2.20. The van der Waals surface area contributed by atoms with E-state index >= 15 is 0 Å². The zero-order valence-electron chi connectivity index (χ0n) is 14.6. The maximum atomic E-state index is 13.1. The smallest absolute Gasteiger partial charge is 0.257 e. The van der Waals surface area contributed by atoms with Gasteiger partial charge in [0.25, 0.3) is 5.91 Å². The highest BCUT2D eigenvalue weighted by Crippen LogP contribution is 2.43. The van der Waals surface area contributed by atoms with Crippen molar-refractivity contribution in [3.63, 3.8) is 0 Å². The first-order valence-corrected chi connectivity index (χ1v) is 9.19. The summed E-state index contributed by atoms with van der Waals surface area (Å²) in [5.74, 6) is 0.747. The topological polar surface area (TPSA) is 69.3 Å².